The number of aliphatic hydroxyl groups is 1. The van der Waals surface area contributed by atoms with Crippen LogP contribution in [0.5, 0.6) is 0 Å². The van der Waals surface area contributed by atoms with Gasteiger partial charge in [0.2, 0.25) is 0 Å². The first-order valence-electron chi connectivity index (χ1n) is 5.02. The first kappa shape index (κ1) is 14.1. The van der Waals surface area contributed by atoms with Gasteiger partial charge in [0.15, 0.2) is 0 Å². The minimum atomic E-state index is -0.725. The van der Waals surface area contributed by atoms with Gasteiger partial charge in [0.1, 0.15) is 0 Å². The van der Waals surface area contributed by atoms with E-state index in [1.54, 1.807) is 20.1 Å². The van der Waals surface area contributed by atoms with Crippen LogP contribution in [0, 0.1) is 0 Å². The van der Waals surface area contributed by atoms with Gasteiger partial charge in [-0.05, 0) is 34.1 Å². The van der Waals surface area contributed by atoms with Crippen molar-refractivity contribution < 1.29 is 9.32 Å². The maximum atomic E-state index is 10.9. The molecule has 0 fully saturated rings. The van der Waals surface area contributed by atoms with Gasteiger partial charge >= 0.3 is 0 Å². The highest BCUT2D eigenvalue weighted by molar-refractivity contribution is 7.84. The van der Waals surface area contributed by atoms with Crippen molar-refractivity contribution in [3.8, 4) is 0 Å². The average molecular weight is 221 g/mol. The molecule has 4 heteroatoms. The van der Waals surface area contributed by atoms with E-state index in [9.17, 15) is 9.32 Å². The molecule has 0 spiro atoms. The summed E-state index contributed by atoms with van der Waals surface area (Å²) in [6, 6.07) is 0.336. The van der Waals surface area contributed by atoms with Gasteiger partial charge in [-0.1, -0.05) is 0 Å². The number of hydrogen-bond acceptors (Lipinski definition) is 3. The monoisotopic (exact) mass is 221 g/mol. The first-order valence-corrected chi connectivity index (χ1v) is 6.74. The largest absolute Gasteiger partial charge is 0.389 e. The van der Waals surface area contributed by atoms with Crippen molar-refractivity contribution in [2.45, 2.75) is 51.8 Å². The van der Waals surface area contributed by atoms with E-state index in [1.807, 2.05) is 6.92 Å². The van der Waals surface area contributed by atoms with Crippen molar-refractivity contribution in [2.24, 2.45) is 0 Å². The molecule has 0 radical (unpaired) electrons. The topological polar surface area (TPSA) is 49.3 Å². The van der Waals surface area contributed by atoms with E-state index in [2.05, 4.69) is 12.2 Å². The molecule has 0 rings (SSSR count). The third-order valence-corrected chi connectivity index (χ3v) is 3.24. The molecule has 0 aliphatic rings. The molecule has 0 aliphatic carbocycles. The van der Waals surface area contributed by atoms with E-state index in [-0.39, 0.29) is 6.04 Å². The van der Waals surface area contributed by atoms with Crippen LogP contribution in [0.4, 0.5) is 0 Å². The molecule has 0 aliphatic heterocycles. The van der Waals surface area contributed by atoms with Crippen LogP contribution >= 0.6 is 0 Å². The smallest absolute Gasteiger partial charge is 0.0741 e. The van der Waals surface area contributed by atoms with Crippen LogP contribution in [-0.2, 0) is 10.8 Å². The molecule has 0 aromatic carbocycles. The Hall–Kier alpha value is 0.0700. The Morgan fingerprint density at radius 2 is 1.93 bits per heavy atom. The van der Waals surface area contributed by atoms with Crippen LogP contribution in [0.15, 0.2) is 0 Å². The van der Waals surface area contributed by atoms with Crippen LogP contribution < -0.4 is 5.32 Å². The van der Waals surface area contributed by atoms with E-state index in [0.717, 1.165) is 6.42 Å². The highest BCUT2D eigenvalue weighted by Crippen LogP contribution is 2.09. The van der Waals surface area contributed by atoms with Crippen LogP contribution in [-0.4, -0.2) is 39.0 Å². The van der Waals surface area contributed by atoms with Crippen LogP contribution in [0.2, 0.25) is 0 Å². The van der Waals surface area contributed by atoms with Gasteiger partial charge in [0.05, 0.1) is 5.60 Å². The van der Waals surface area contributed by atoms with Gasteiger partial charge in [-0.25, -0.2) is 0 Å². The van der Waals surface area contributed by atoms with Crippen molar-refractivity contribution in [3.05, 3.63) is 0 Å². The molecule has 0 amide bonds. The second kappa shape index (κ2) is 5.83. The third kappa shape index (κ3) is 6.51. The lowest BCUT2D eigenvalue weighted by Crippen LogP contribution is -2.48. The lowest BCUT2D eigenvalue weighted by molar-refractivity contribution is 0.0405. The van der Waals surface area contributed by atoms with Gasteiger partial charge in [-0.2, -0.15) is 0 Å². The summed E-state index contributed by atoms with van der Waals surface area (Å²) in [7, 11) is -0.725. The molecule has 3 nitrogen and oxygen atoms in total. The Kier molecular flexibility index (Phi) is 5.86. The first-order chi connectivity index (χ1) is 6.23. The molecular formula is C10H23NO2S. The van der Waals surface area contributed by atoms with Gasteiger partial charge < -0.3 is 10.4 Å². The van der Waals surface area contributed by atoms with E-state index in [0.29, 0.717) is 11.8 Å². The van der Waals surface area contributed by atoms with Crippen molar-refractivity contribution in [1.82, 2.24) is 5.32 Å². The minimum absolute atomic E-state index is 0.0443. The highest BCUT2D eigenvalue weighted by Gasteiger charge is 2.23. The highest BCUT2D eigenvalue weighted by atomic mass is 32.2. The zero-order chi connectivity index (χ0) is 11.4. The second-order valence-corrected chi connectivity index (χ2v) is 6.06. The standard InChI is InChI=1S/C10H23NO2S/c1-8(6-7-14(5)13)11-9(2)10(3,4)12/h8-9,11-12H,6-7H2,1-5H3. The second-order valence-electron chi connectivity index (χ2n) is 4.51. The van der Waals surface area contributed by atoms with Crippen molar-refractivity contribution >= 4 is 10.8 Å². The summed E-state index contributed by atoms with van der Waals surface area (Å²) in [5.41, 5.74) is -0.709. The van der Waals surface area contributed by atoms with E-state index in [4.69, 9.17) is 0 Å². The Labute approximate surface area is 89.7 Å². The third-order valence-electron chi connectivity index (χ3n) is 2.43. The SMILES string of the molecule is CC(CCS(C)=O)NC(C)C(C)(C)O. The molecule has 3 atom stereocenters. The molecule has 0 aromatic rings. The predicted molar refractivity (Wildman–Crippen MR) is 61.9 cm³/mol. The molecule has 0 saturated heterocycles. The molecule has 2 N–H and O–H groups in total. The molecule has 0 heterocycles. The zero-order valence-corrected chi connectivity index (χ0v) is 10.6. The fourth-order valence-electron chi connectivity index (χ4n) is 1.06. The lowest BCUT2D eigenvalue weighted by Gasteiger charge is -2.29. The summed E-state index contributed by atoms with van der Waals surface area (Å²) in [6.07, 6.45) is 2.59. The van der Waals surface area contributed by atoms with Gasteiger partial charge in [-0.3, -0.25) is 4.21 Å². The van der Waals surface area contributed by atoms with E-state index >= 15 is 0 Å². The number of nitrogens with one attached hydrogen (secondary N) is 1. The van der Waals surface area contributed by atoms with Crippen LogP contribution in [0.1, 0.15) is 34.1 Å². The summed E-state index contributed by atoms with van der Waals surface area (Å²) < 4.78 is 10.9. The number of rotatable bonds is 6. The predicted octanol–water partition coefficient (Wildman–Crippen LogP) is 0.892. The quantitative estimate of drug-likeness (QED) is 0.700. The Morgan fingerprint density at radius 3 is 2.29 bits per heavy atom. The van der Waals surface area contributed by atoms with Crippen molar-refractivity contribution in [1.29, 1.82) is 0 Å². The molecular weight excluding hydrogens is 198 g/mol. The van der Waals surface area contributed by atoms with Gasteiger partial charge in [0.25, 0.3) is 0 Å². The molecule has 3 unspecified atom stereocenters. The van der Waals surface area contributed by atoms with Crippen molar-refractivity contribution in [2.75, 3.05) is 12.0 Å². The van der Waals surface area contributed by atoms with Crippen LogP contribution in [0.25, 0.3) is 0 Å². The minimum Gasteiger partial charge on any atom is -0.389 e. The fraction of sp³-hybridized carbons (Fsp3) is 1.00. The summed E-state index contributed by atoms with van der Waals surface area (Å²) in [4.78, 5) is 0. The summed E-state index contributed by atoms with van der Waals surface area (Å²) in [6.45, 7) is 7.58. The molecule has 14 heavy (non-hydrogen) atoms. The Balaban J connectivity index is 3.82. The maximum absolute atomic E-state index is 10.9. The Morgan fingerprint density at radius 1 is 1.43 bits per heavy atom. The van der Waals surface area contributed by atoms with Gasteiger partial charge in [-0.15, -0.1) is 0 Å². The van der Waals surface area contributed by atoms with Gasteiger partial charge in [0, 0.05) is 34.9 Å². The van der Waals surface area contributed by atoms with Crippen LogP contribution in [0.3, 0.4) is 0 Å². The zero-order valence-electron chi connectivity index (χ0n) is 9.83. The maximum Gasteiger partial charge on any atom is 0.0741 e. The normalized spacial score (nSPS) is 19.0. The summed E-state index contributed by atoms with van der Waals surface area (Å²) >= 11 is 0. The molecule has 0 aromatic heterocycles. The van der Waals surface area contributed by atoms with Crippen molar-refractivity contribution in [3.63, 3.8) is 0 Å². The fourth-order valence-corrected chi connectivity index (χ4v) is 1.74. The molecule has 0 bridgehead atoms. The summed E-state index contributed by atoms with van der Waals surface area (Å²) in [5.74, 6) is 0.715. The lowest BCUT2D eigenvalue weighted by atomic mass is 10.00. The van der Waals surface area contributed by atoms with E-state index < -0.39 is 16.4 Å². The molecule has 86 valence electrons. The number of hydrogen-bond donors (Lipinski definition) is 2. The Bertz CT molecular complexity index is 189. The van der Waals surface area contributed by atoms with E-state index in [1.165, 1.54) is 0 Å². The summed E-state index contributed by atoms with van der Waals surface area (Å²) in [5, 5.41) is 13.0. The average Bonchev–Trinajstić information content (AvgIpc) is 1.99. The molecule has 0 saturated carbocycles.